The van der Waals surface area contributed by atoms with Gasteiger partial charge in [0.1, 0.15) is 11.6 Å². The molecule has 4 aromatic carbocycles. The van der Waals surface area contributed by atoms with E-state index in [9.17, 15) is 10.5 Å². The number of aryl methyl sites for hydroxylation is 3. The number of nitrogens with zero attached hydrogens (tertiary/aromatic N) is 6. The van der Waals surface area contributed by atoms with Crippen molar-refractivity contribution < 1.29 is 0 Å². The minimum Gasteiger partial charge on any atom is -0.327 e. The molecule has 0 N–H and O–H groups in total. The third kappa shape index (κ3) is 4.21. The Morgan fingerprint density at radius 3 is 2.33 bits per heavy atom. The molecule has 6 rings (SSSR count). The van der Waals surface area contributed by atoms with E-state index in [0.29, 0.717) is 17.7 Å². The Hall–Kier alpha value is -5.20. The van der Waals surface area contributed by atoms with Crippen molar-refractivity contribution in [2.45, 2.75) is 33.2 Å². The van der Waals surface area contributed by atoms with Crippen LogP contribution in [0.15, 0.2) is 78.9 Å². The van der Waals surface area contributed by atoms with Gasteiger partial charge in [0.25, 0.3) is 0 Å². The highest BCUT2D eigenvalue weighted by molar-refractivity contribution is 5.87. The molecule has 6 heteroatoms. The number of benzene rings is 4. The predicted molar refractivity (Wildman–Crippen MR) is 159 cm³/mol. The summed E-state index contributed by atoms with van der Waals surface area (Å²) in [5.74, 6) is 1.95. The zero-order chi connectivity index (χ0) is 27.8. The van der Waals surface area contributed by atoms with Crippen LogP contribution >= 0.6 is 0 Å². The van der Waals surface area contributed by atoms with Gasteiger partial charge in [0.05, 0.1) is 45.3 Å². The molecule has 0 fully saturated rings. The fraction of sp³-hybridized carbons (Fsp3) is 0.176. The van der Waals surface area contributed by atoms with Gasteiger partial charge in [-0.2, -0.15) is 10.5 Å². The first-order valence-electron chi connectivity index (χ1n) is 13.5. The Morgan fingerprint density at radius 2 is 1.55 bits per heavy atom. The van der Waals surface area contributed by atoms with E-state index < -0.39 is 0 Å². The van der Waals surface area contributed by atoms with E-state index in [0.717, 1.165) is 74.4 Å². The molecule has 6 nitrogen and oxygen atoms in total. The van der Waals surface area contributed by atoms with Crippen LogP contribution in [0.3, 0.4) is 0 Å². The second-order valence-electron chi connectivity index (χ2n) is 10.2. The second kappa shape index (κ2) is 10.2. The zero-order valence-corrected chi connectivity index (χ0v) is 22.8. The fourth-order valence-electron chi connectivity index (χ4n) is 5.58. The fourth-order valence-corrected chi connectivity index (χ4v) is 5.58. The highest BCUT2D eigenvalue weighted by atomic mass is 15.1. The van der Waals surface area contributed by atoms with Gasteiger partial charge in [0, 0.05) is 36.7 Å². The van der Waals surface area contributed by atoms with Gasteiger partial charge in [-0.05, 0) is 60.9 Å². The van der Waals surface area contributed by atoms with Crippen molar-refractivity contribution in [1.29, 1.82) is 10.5 Å². The maximum Gasteiger partial charge on any atom is 0.140 e. The van der Waals surface area contributed by atoms with Crippen LogP contribution in [-0.4, -0.2) is 19.1 Å². The summed E-state index contributed by atoms with van der Waals surface area (Å²) in [5.41, 5.74) is 9.94. The summed E-state index contributed by atoms with van der Waals surface area (Å²) in [5, 5.41) is 19.6. The lowest BCUT2D eigenvalue weighted by molar-refractivity contribution is 0.721. The highest BCUT2D eigenvalue weighted by Crippen LogP contribution is 2.32. The van der Waals surface area contributed by atoms with Crippen LogP contribution in [0.1, 0.15) is 41.4 Å². The number of para-hydroxylation sites is 2. The predicted octanol–water partition coefficient (Wildman–Crippen LogP) is 7.31. The molecule has 0 saturated heterocycles. The molecule has 0 aliphatic carbocycles. The first kappa shape index (κ1) is 25.1. The molecule has 6 aromatic rings. The molecule has 0 aliphatic rings. The van der Waals surface area contributed by atoms with E-state index in [2.05, 4.69) is 60.4 Å². The number of nitriles is 2. The minimum atomic E-state index is 0.554. The molecule has 2 heterocycles. The monoisotopic (exact) mass is 520 g/mol. The lowest BCUT2D eigenvalue weighted by Crippen LogP contribution is -2.06. The minimum absolute atomic E-state index is 0.554. The average molecular weight is 521 g/mol. The number of hydrogen-bond donors (Lipinski definition) is 0. The summed E-state index contributed by atoms with van der Waals surface area (Å²) in [6.45, 7) is 4.86. The van der Waals surface area contributed by atoms with Gasteiger partial charge < -0.3 is 9.13 Å². The SMILES string of the molecule is CCCc1nc2c(C)cc(-c3nc4ccccc4n3C)cc2n1Cc1ccc(-c2ccccc2C#N)c(C#N)c1. The van der Waals surface area contributed by atoms with Crippen LogP contribution < -0.4 is 0 Å². The molecule has 0 aliphatic heterocycles. The molecule has 0 radical (unpaired) electrons. The van der Waals surface area contributed by atoms with Crippen LogP contribution in [0, 0.1) is 29.6 Å². The summed E-state index contributed by atoms with van der Waals surface area (Å²) >= 11 is 0. The molecule has 194 valence electrons. The largest absolute Gasteiger partial charge is 0.327 e. The summed E-state index contributed by atoms with van der Waals surface area (Å²) in [6, 6.07) is 30.5. The Kier molecular flexibility index (Phi) is 6.38. The average Bonchev–Trinajstić information content (AvgIpc) is 3.50. The lowest BCUT2D eigenvalue weighted by atomic mass is 9.95. The van der Waals surface area contributed by atoms with Crippen molar-refractivity contribution in [3.05, 3.63) is 107 Å². The van der Waals surface area contributed by atoms with Crippen LogP contribution in [-0.2, 0) is 20.0 Å². The Bertz CT molecular complexity index is 1990. The first-order chi connectivity index (χ1) is 19.5. The summed E-state index contributed by atoms with van der Waals surface area (Å²) < 4.78 is 4.41. The molecule has 0 atom stereocenters. The van der Waals surface area contributed by atoms with Gasteiger partial charge in [0.2, 0.25) is 0 Å². The molecule has 40 heavy (non-hydrogen) atoms. The van der Waals surface area contributed by atoms with Crippen molar-refractivity contribution in [3.63, 3.8) is 0 Å². The molecule has 2 aromatic heterocycles. The van der Waals surface area contributed by atoms with E-state index in [1.54, 1.807) is 6.07 Å². The highest BCUT2D eigenvalue weighted by Gasteiger charge is 2.18. The standard InChI is InChI=1S/C34H28N6/c1-4-9-32-38-33-22(2)16-25(34-37-29-12-7-8-13-30(29)39(34)3)18-31(33)40(32)21-23-14-15-28(26(17-23)20-36)27-11-6-5-10-24(27)19-35/h5-8,10-18H,4,9,21H2,1-3H3. The quantitative estimate of drug-likeness (QED) is 0.230. The Balaban J connectivity index is 1.47. The maximum absolute atomic E-state index is 10.0. The van der Waals surface area contributed by atoms with Gasteiger partial charge in [0.15, 0.2) is 0 Å². The molecular formula is C34H28N6. The van der Waals surface area contributed by atoms with E-state index in [-0.39, 0.29) is 0 Å². The molecule has 0 amide bonds. The molecular weight excluding hydrogens is 492 g/mol. The van der Waals surface area contributed by atoms with Crippen LogP contribution in [0.25, 0.3) is 44.6 Å². The third-order valence-corrected chi connectivity index (χ3v) is 7.53. The van der Waals surface area contributed by atoms with Gasteiger partial charge in [-0.15, -0.1) is 0 Å². The van der Waals surface area contributed by atoms with E-state index in [1.165, 1.54) is 0 Å². The smallest absolute Gasteiger partial charge is 0.140 e. The topological polar surface area (TPSA) is 83.2 Å². The normalized spacial score (nSPS) is 11.1. The van der Waals surface area contributed by atoms with E-state index >= 15 is 0 Å². The third-order valence-electron chi connectivity index (χ3n) is 7.53. The Morgan fingerprint density at radius 1 is 0.800 bits per heavy atom. The van der Waals surface area contributed by atoms with Crippen molar-refractivity contribution in [3.8, 4) is 34.7 Å². The van der Waals surface area contributed by atoms with Crippen molar-refractivity contribution in [2.75, 3.05) is 0 Å². The first-order valence-corrected chi connectivity index (χ1v) is 13.5. The van der Waals surface area contributed by atoms with Crippen LogP contribution in [0.2, 0.25) is 0 Å². The van der Waals surface area contributed by atoms with E-state index in [4.69, 9.17) is 9.97 Å². The summed E-state index contributed by atoms with van der Waals surface area (Å²) in [7, 11) is 2.06. The molecule has 0 saturated carbocycles. The molecule has 0 spiro atoms. The maximum atomic E-state index is 10.0. The number of rotatable bonds is 6. The van der Waals surface area contributed by atoms with Gasteiger partial charge in [-0.25, -0.2) is 9.97 Å². The van der Waals surface area contributed by atoms with Crippen molar-refractivity contribution >= 4 is 22.1 Å². The van der Waals surface area contributed by atoms with Crippen LogP contribution in [0.4, 0.5) is 0 Å². The van der Waals surface area contributed by atoms with Gasteiger partial charge in [-0.3, -0.25) is 0 Å². The van der Waals surface area contributed by atoms with Gasteiger partial charge in [-0.1, -0.05) is 49.4 Å². The molecule has 0 bridgehead atoms. The lowest BCUT2D eigenvalue weighted by Gasteiger charge is -2.13. The van der Waals surface area contributed by atoms with Gasteiger partial charge >= 0.3 is 0 Å². The summed E-state index contributed by atoms with van der Waals surface area (Å²) in [4.78, 5) is 10.0. The number of imidazole rings is 2. The Labute approximate surface area is 233 Å². The number of fused-ring (bicyclic) bond motifs is 2. The summed E-state index contributed by atoms with van der Waals surface area (Å²) in [6.07, 6.45) is 1.84. The van der Waals surface area contributed by atoms with Crippen molar-refractivity contribution in [1.82, 2.24) is 19.1 Å². The number of aromatic nitrogens is 4. The van der Waals surface area contributed by atoms with Crippen LogP contribution in [0.5, 0.6) is 0 Å². The molecule has 0 unspecified atom stereocenters. The second-order valence-corrected chi connectivity index (χ2v) is 10.2. The van der Waals surface area contributed by atoms with E-state index in [1.807, 2.05) is 54.6 Å². The van der Waals surface area contributed by atoms with Crippen molar-refractivity contribution in [2.24, 2.45) is 7.05 Å². The zero-order valence-electron chi connectivity index (χ0n) is 22.8. The number of hydrogen-bond acceptors (Lipinski definition) is 4.